The Morgan fingerprint density at radius 1 is 1.23 bits per heavy atom. The van der Waals surface area contributed by atoms with E-state index < -0.39 is 0 Å². The van der Waals surface area contributed by atoms with Crippen LogP contribution in [0.15, 0.2) is 43.0 Å². The van der Waals surface area contributed by atoms with Crippen LogP contribution >= 0.6 is 0 Å². The van der Waals surface area contributed by atoms with Crippen LogP contribution in [-0.4, -0.2) is 26.1 Å². The molecule has 0 aliphatic rings. The summed E-state index contributed by atoms with van der Waals surface area (Å²) in [5.41, 5.74) is 2.06. The molecule has 2 N–H and O–H groups in total. The zero-order chi connectivity index (χ0) is 15.2. The fourth-order valence-corrected chi connectivity index (χ4v) is 2.28. The van der Waals surface area contributed by atoms with E-state index in [1.165, 1.54) is 5.56 Å². The van der Waals surface area contributed by atoms with E-state index in [-0.39, 0.29) is 5.91 Å². The third kappa shape index (κ3) is 3.66. The predicted molar refractivity (Wildman–Crippen MR) is 84.3 cm³/mol. The number of carbonyl (C=O) groups is 1. The monoisotopic (exact) mass is 295 g/mol. The lowest BCUT2D eigenvalue weighted by molar-refractivity contribution is -0.116. The number of fused-ring (bicyclic) bond motifs is 1. The number of amides is 1. The molecule has 3 aromatic rings. The highest BCUT2D eigenvalue weighted by Crippen LogP contribution is 2.14. The number of aromatic amines is 1. The molecule has 0 fully saturated rings. The number of nitrogens with one attached hydrogen (secondary N) is 2. The largest absolute Gasteiger partial charge is 0.311 e. The van der Waals surface area contributed by atoms with Crippen molar-refractivity contribution in [3.05, 3.63) is 48.5 Å². The highest BCUT2D eigenvalue weighted by atomic mass is 16.1. The van der Waals surface area contributed by atoms with E-state index in [9.17, 15) is 4.79 Å². The fourth-order valence-electron chi connectivity index (χ4n) is 2.28. The van der Waals surface area contributed by atoms with Crippen molar-refractivity contribution in [1.82, 2.24) is 20.2 Å². The highest BCUT2D eigenvalue weighted by molar-refractivity contribution is 5.91. The second-order valence-corrected chi connectivity index (χ2v) is 5.14. The summed E-state index contributed by atoms with van der Waals surface area (Å²) in [4.78, 5) is 20.2. The van der Waals surface area contributed by atoms with Gasteiger partial charge in [-0.25, -0.2) is 4.98 Å². The number of aryl methyl sites for hydroxylation is 1. The number of hydrogen-bond donors (Lipinski definition) is 2. The number of rotatable bonds is 6. The van der Waals surface area contributed by atoms with E-state index in [1.54, 1.807) is 18.6 Å². The number of hydrogen-bond acceptors (Lipinski definition) is 4. The van der Waals surface area contributed by atoms with Gasteiger partial charge < -0.3 is 5.32 Å². The average Bonchev–Trinajstić information content (AvgIpc) is 3.00. The Hall–Kier alpha value is -2.76. The van der Waals surface area contributed by atoms with Crippen LogP contribution in [-0.2, 0) is 11.2 Å². The minimum atomic E-state index is -0.0125. The number of pyridine rings is 2. The van der Waals surface area contributed by atoms with E-state index in [0.29, 0.717) is 12.2 Å². The Labute approximate surface area is 128 Å². The molecule has 3 aromatic heterocycles. The molecule has 0 atom stereocenters. The summed E-state index contributed by atoms with van der Waals surface area (Å²) in [5, 5.41) is 10.5. The first-order valence-corrected chi connectivity index (χ1v) is 7.29. The van der Waals surface area contributed by atoms with Crippen molar-refractivity contribution in [2.24, 2.45) is 0 Å². The lowest BCUT2D eigenvalue weighted by Crippen LogP contribution is -2.12. The second-order valence-electron chi connectivity index (χ2n) is 5.14. The van der Waals surface area contributed by atoms with Gasteiger partial charge in [-0.3, -0.25) is 14.9 Å². The van der Waals surface area contributed by atoms with E-state index in [4.69, 9.17) is 0 Å². The molecule has 6 heteroatoms. The Kier molecular flexibility index (Phi) is 4.38. The lowest BCUT2D eigenvalue weighted by Gasteiger charge is -2.04. The highest BCUT2D eigenvalue weighted by Gasteiger charge is 2.05. The zero-order valence-electron chi connectivity index (χ0n) is 12.1. The van der Waals surface area contributed by atoms with Crippen molar-refractivity contribution in [2.45, 2.75) is 25.7 Å². The molecule has 0 saturated heterocycles. The standard InChI is InChI=1S/C16H17N5O/c22-16(6-2-1-4-12-5-3-7-17-9-12)20-15-8-13-10-19-21-14(13)11-18-15/h3,5,7-11H,1-2,4,6H2,(H,19,21)(H,18,20,22). The maximum atomic E-state index is 11.9. The van der Waals surface area contributed by atoms with Gasteiger partial charge in [-0.1, -0.05) is 6.07 Å². The Morgan fingerprint density at radius 2 is 2.18 bits per heavy atom. The van der Waals surface area contributed by atoms with Crippen molar-refractivity contribution in [3.8, 4) is 0 Å². The lowest BCUT2D eigenvalue weighted by atomic mass is 10.1. The van der Waals surface area contributed by atoms with Gasteiger partial charge in [0, 0.05) is 24.2 Å². The van der Waals surface area contributed by atoms with Crippen LogP contribution < -0.4 is 5.32 Å². The van der Waals surface area contributed by atoms with Gasteiger partial charge in [0.15, 0.2) is 0 Å². The molecule has 3 heterocycles. The van der Waals surface area contributed by atoms with Crippen LogP contribution in [0.25, 0.3) is 10.9 Å². The summed E-state index contributed by atoms with van der Waals surface area (Å²) in [6.45, 7) is 0. The first-order chi connectivity index (χ1) is 10.8. The summed E-state index contributed by atoms with van der Waals surface area (Å²) in [5.74, 6) is 0.549. The molecule has 0 saturated carbocycles. The molecule has 0 aliphatic carbocycles. The van der Waals surface area contributed by atoms with Gasteiger partial charge in [-0.15, -0.1) is 0 Å². The third-order valence-corrected chi connectivity index (χ3v) is 3.43. The molecule has 0 aromatic carbocycles. The molecule has 22 heavy (non-hydrogen) atoms. The summed E-state index contributed by atoms with van der Waals surface area (Å²) >= 11 is 0. The van der Waals surface area contributed by atoms with Gasteiger partial charge in [0.25, 0.3) is 0 Å². The number of unbranched alkanes of at least 4 members (excludes halogenated alkanes) is 1. The smallest absolute Gasteiger partial charge is 0.225 e. The SMILES string of the molecule is O=C(CCCCc1cccnc1)Nc1cc2cn[nH]c2cn1. The Bertz CT molecular complexity index is 753. The van der Waals surface area contributed by atoms with Gasteiger partial charge in [0.1, 0.15) is 5.82 Å². The van der Waals surface area contributed by atoms with Gasteiger partial charge in [0.05, 0.1) is 17.9 Å². The minimum absolute atomic E-state index is 0.0125. The first-order valence-electron chi connectivity index (χ1n) is 7.29. The van der Waals surface area contributed by atoms with Crippen molar-refractivity contribution in [3.63, 3.8) is 0 Å². The molecular weight excluding hydrogens is 278 g/mol. The van der Waals surface area contributed by atoms with E-state index in [2.05, 4.69) is 31.5 Å². The number of nitrogens with zero attached hydrogens (tertiary/aromatic N) is 3. The summed E-state index contributed by atoms with van der Waals surface area (Å²) in [7, 11) is 0. The topological polar surface area (TPSA) is 83.6 Å². The zero-order valence-corrected chi connectivity index (χ0v) is 12.1. The second kappa shape index (κ2) is 6.80. The molecule has 0 bridgehead atoms. The molecule has 0 spiro atoms. The van der Waals surface area contributed by atoms with Crippen LogP contribution in [0.5, 0.6) is 0 Å². The summed E-state index contributed by atoms with van der Waals surface area (Å²) in [6, 6.07) is 5.79. The van der Waals surface area contributed by atoms with Crippen molar-refractivity contribution in [1.29, 1.82) is 0 Å². The molecule has 3 rings (SSSR count). The third-order valence-electron chi connectivity index (χ3n) is 3.43. The van der Waals surface area contributed by atoms with Gasteiger partial charge in [-0.05, 0) is 37.0 Å². The summed E-state index contributed by atoms with van der Waals surface area (Å²) in [6.07, 6.45) is 10.2. The molecule has 0 radical (unpaired) electrons. The number of anilines is 1. The van der Waals surface area contributed by atoms with Crippen molar-refractivity contribution >= 4 is 22.6 Å². The van der Waals surface area contributed by atoms with Crippen LogP contribution in [0.2, 0.25) is 0 Å². The van der Waals surface area contributed by atoms with E-state index in [0.717, 1.165) is 30.2 Å². The van der Waals surface area contributed by atoms with Crippen molar-refractivity contribution < 1.29 is 4.79 Å². The molecule has 0 unspecified atom stereocenters. The maximum Gasteiger partial charge on any atom is 0.225 e. The van der Waals surface area contributed by atoms with Gasteiger partial charge >= 0.3 is 0 Å². The minimum Gasteiger partial charge on any atom is -0.311 e. The van der Waals surface area contributed by atoms with Gasteiger partial charge in [-0.2, -0.15) is 5.10 Å². The van der Waals surface area contributed by atoms with Crippen LogP contribution in [0, 0.1) is 0 Å². The Balaban J connectivity index is 1.44. The average molecular weight is 295 g/mol. The first kappa shape index (κ1) is 14.2. The van der Waals surface area contributed by atoms with Crippen molar-refractivity contribution in [2.75, 3.05) is 5.32 Å². The normalized spacial score (nSPS) is 10.7. The maximum absolute atomic E-state index is 11.9. The van der Waals surface area contributed by atoms with E-state index in [1.807, 2.05) is 18.3 Å². The molecule has 1 amide bonds. The summed E-state index contributed by atoms with van der Waals surface area (Å²) < 4.78 is 0. The van der Waals surface area contributed by atoms with E-state index >= 15 is 0 Å². The fraction of sp³-hybridized carbons (Fsp3) is 0.250. The predicted octanol–water partition coefficient (Wildman–Crippen LogP) is 2.70. The quantitative estimate of drug-likeness (QED) is 0.685. The van der Waals surface area contributed by atoms with Crippen LogP contribution in [0.3, 0.4) is 0 Å². The number of aromatic nitrogens is 4. The molecule has 0 aliphatic heterocycles. The van der Waals surface area contributed by atoms with Gasteiger partial charge in [0.2, 0.25) is 5.91 Å². The Morgan fingerprint density at radius 3 is 3.05 bits per heavy atom. The molecule has 112 valence electrons. The molecular formula is C16H17N5O. The van der Waals surface area contributed by atoms with Crippen LogP contribution in [0.4, 0.5) is 5.82 Å². The number of carbonyl (C=O) groups excluding carboxylic acids is 1. The molecule has 6 nitrogen and oxygen atoms in total. The number of H-pyrrole nitrogens is 1. The van der Waals surface area contributed by atoms with Crippen LogP contribution in [0.1, 0.15) is 24.8 Å².